The maximum Gasteiger partial charge on any atom is 0.325 e. The highest BCUT2D eigenvalue weighted by atomic mass is 16.4. The molecule has 2 aromatic rings. The van der Waals surface area contributed by atoms with Crippen LogP contribution in [0.5, 0.6) is 0 Å². The molecule has 2 N–H and O–H groups in total. The van der Waals surface area contributed by atoms with Crippen LogP contribution in [0.25, 0.3) is 0 Å². The molecule has 0 radical (unpaired) electrons. The standard InChI is InChI=1S/C14H16N4O3/c1-10(7-11-5-3-2-4-6-11)15-14(21)12-8-18(17-16-12)9-13(19)20/h2-6,8,10H,7,9H2,1H3,(H,15,21)(H,19,20). The summed E-state index contributed by atoms with van der Waals surface area (Å²) in [6, 6.07) is 9.75. The van der Waals surface area contributed by atoms with Crippen molar-refractivity contribution in [2.24, 2.45) is 0 Å². The van der Waals surface area contributed by atoms with Gasteiger partial charge >= 0.3 is 5.97 Å². The minimum Gasteiger partial charge on any atom is -0.480 e. The SMILES string of the molecule is CC(Cc1ccccc1)NC(=O)c1cn(CC(=O)O)nn1. The molecule has 110 valence electrons. The van der Waals surface area contributed by atoms with E-state index >= 15 is 0 Å². The number of hydrogen-bond acceptors (Lipinski definition) is 4. The Hall–Kier alpha value is -2.70. The van der Waals surface area contributed by atoms with Gasteiger partial charge in [-0.1, -0.05) is 35.5 Å². The van der Waals surface area contributed by atoms with Gasteiger partial charge in [-0.05, 0) is 18.9 Å². The highest BCUT2D eigenvalue weighted by Crippen LogP contribution is 2.03. The number of nitrogens with zero attached hydrogens (tertiary/aromatic N) is 3. The van der Waals surface area contributed by atoms with E-state index in [2.05, 4.69) is 15.6 Å². The molecule has 0 aliphatic heterocycles. The van der Waals surface area contributed by atoms with Crippen molar-refractivity contribution in [2.75, 3.05) is 0 Å². The maximum atomic E-state index is 12.0. The Morgan fingerprint density at radius 2 is 2.05 bits per heavy atom. The van der Waals surface area contributed by atoms with E-state index in [1.165, 1.54) is 6.20 Å². The molecule has 0 saturated heterocycles. The number of benzene rings is 1. The van der Waals surface area contributed by atoms with E-state index in [9.17, 15) is 9.59 Å². The van der Waals surface area contributed by atoms with E-state index < -0.39 is 5.97 Å². The number of hydrogen-bond donors (Lipinski definition) is 2. The lowest BCUT2D eigenvalue weighted by Gasteiger charge is -2.12. The first-order valence-electron chi connectivity index (χ1n) is 6.51. The second-order valence-corrected chi connectivity index (χ2v) is 4.76. The predicted octanol–water partition coefficient (Wildman–Crippen LogP) is 0.724. The number of carbonyl (C=O) groups is 2. The van der Waals surface area contributed by atoms with Crippen LogP contribution in [0.15, 0.2) is 36.5 Å². The quantitative estimate of drug-likeness (QED) is 0.816. The molecule has 0 aliphatic carbocycles. The summed E-state index contributed by atoms with van der Waals surface area (Å²) in [5.41, 5.74) is 1.23. The van der Waals surface area contributed by atoms with Crippen molar-refractivity contribution in [3.05, 3.63) is 47.8 Å². The number of nitrogens with one attached hydrogen (secondary N) is 1. The van der Waals surface area contributed by atoms with Crippen molar-refractivity contribution in [1.29, 1.82) is 0 Å². The predicted molar refractivity (Wildman–Crippen MR) is 74.7 cm³/mol. The van der Waals surface area contributed by atoms with Gasteiger partial charge < -0.3 is 10.4 Å². The van der Waals surface area contributed by atoms with E-state index in [1.54, 1.807) is 0 Å². The second kappa shape index (κ2) is 6.65. The molecule has 0 bridgehead atoms. The Morgan fingerprint density at radius 3 is 2.71 bits per heavy atom. The number of rotatable bonds is 6. The summed E-state index contributed by atoms with van der Waals surface area (Å²) in [5, 5.41) is 18.7. The van der Waals surface area contributed by atoms with Gasteiger partial charge in [0, 0.05) is 6.04 Å². The lowest BCUT2D eigenvalue weighted by molar-refractivity contribution is -0.137. The summed E-state index contributed by atoms with van der Waals surface area (Å²) in [6.45, 7) is 1.58. The molecule has 7 nitrogen and oxygen atoms in total. The van der Waals surface area contributed by atoms with Crippen LogP contribution in [-0.2, 0) is 17.8 Å². The zero-order valence-corrected chi connectivity index (χ0v) is 11.6. The molecule has 1 aromatic heterocycles. The van der Waals surface area contributed by atoms with Crippen molar-refractivity contribution >= 4 is 11.9 Å². The number of amides is 1. The monoisotopic (exact) mass is 288 g/mol. The van der Waals surface area contributed by atoms with Gasteiger partial charge in [0.2, 0.25) is 0 Å². The van der Waals surface area contributed by atoms with Crippen LogP contribution < -0.4 is 5.32 Å². The Balaban J connectivity index is 1.91. The molecule has 1 atom stereocenters. The van der Waals surface area contributed by atoms with Gasteiger partial charge in [-0.25, -0.2) is 4.68 Å². The molecule has 1 unspecified atom stereocenters. The van der Waals surface area contributed by atoms with Gasteiger partial charge in [0.05, 0.1) is 6.20 Å². The van der Waals surface area contributed by atoms with Gasteiger partial charge in [-0.15, -0.1) is 5.10 Å². The van der Waals surface area contributed by atoms with E-state index in [-0.39, 0.29) is 24.2 Å². The topological polar surface area (TPSA) is 97.1 Å². The van der Waals surface area contributed by atoms with Crippen molar-refractivity contribution in [2.45, 2.75) is 25.9 Å². The van der Waals surface area contributed by atoms with Crippen LogP contribution in [-0.4, -0.2) is 38.0 Å². The number of carboxylic acid groups (broad SMARTS) is 1. The molecule has 0 fully saturated rings. The highest BCUT2D eigenvalue weighted by Gasteiger charge is 2.14. The number of aromatic nitrogens is 3. The zero-order chi connectivity index (χ0) is 15.2. The van der Waals surface area contributed by atoms with Crippen LogP contribution >= 0.6 is 0 Å². The smallest absolute Gasteiger partial charge is 0.325 e. The van der Waals surface area contributed by atoms with E-state index in [4.69, 9.17) is 5.11 Å². The van der Waals surface area contributed by atoms with Crippen molar-refractivity contribution in [1.82, 2.24) is 20.3 Å². The summed E-state index contributed by atoms with van der Waals surface area (Å²) < 4.78 is 1.11. The van der Waals surface area contributed by atoms with Crippen molar-refractivity contribution in [3.63, 3.8) is 0 Å². The van der Waals surface area contributed by atoms with Crippen LogP contribution in [0, 0.1) is 0 Å². The molecule has 0 spiro atoms. The van der Waals surface area contributed by atoms with Gasteiger partial charge in [0.25, 0.3) is 5.91 Å². The zero-order valence-electron chi connectivity index (χ0n) is 11.6. The molecular formula is C14H16N4O3. The Morgan fingerprint density at radius 1 is 1.33 bits per heavy atom. The number of carbonyl (C=O) groups excluding carboxylic acids is 1. The first-order chi connectivity index (χ1) is 10.0. The number of aliphatic carboxylic acids is 1. The van der Waals surface area contributed by atoms with Gasteiger partial charge in [0.1, 0.15) is 6.54 Å². The molecule has 1 heterocycles. The number of carboxylic acids is 1. The van der Waals surface area contributed by atoms with Gasteiger partial charge in [0.15, 0.2) is 5.69 Å². The van der Waals surface area contributed by atoms with Gasteiger partial charge in [-0.3, -0.25) is 9.59 Å². The van der Waals surface area contributed by atoms with Crippen LogP contribution in [0.2, 0.25) is 0 Å². The first-order valence-corrected chi connectivity index (χ1v) is 6.51. The van der Waals surface area contributed by atoms with E-state index in [0.29, 0.717) is 6.42 Å². The van der Waals surface area contributed by atoms with Crippen LogP contribution in [0.1, 0.15) is 23.0 Å². The highest BCUT2D eigenvalue weighted by molar-refractivity contribution is 5.92. The summed E-state index contributed by atoms with van der Waals surface area (Å²) in [5.74, 6) is -1.40. The molecule has 21 heavy (non-hydrogen) atoms. The molecule has 0 saturated carbocycles. The first kappa shape index (κ1) is 14.7. The Labute approximate surface area is 121 Å². The largest absolute Gasteiger partial charge is 0.480 e. The third-order valence-electron chi connectivity index (χ3n) is 2.83. The summed E-state index contributed by atoms with van der Waals surface area (Å²) in [7, 11) is 0. The van der Waals surface area contributed by atoms with Crippen LogP contribution in [0.4, 0.5) is 0 Å². The Bertz CT molecular complexity index is 624. The lowest BCUT2D eigenvalue weighted by Crippen LogP contribution is -2.34. The summed E-state index contributed by atoms with van der Waals surface area (Å²) in [4.78, 5) is 22.5. The average Bonchev–Trinajstić information content (AvgIpc) is 2.87. The van der Waals surface area contributed by atoms with E-state index in [0.717, 1.165) is 10.2 Å². The minimum atomic E-state index is -1.04. The maximum absolute atomic E-state index is 12.0. The van der Waals surface area contributed by atoms with E-state index in [1.807, 2.05) is 37.3 Å². The summed E-state index contributed by atoms with van der Waals surface area (Å²) >= 11 is 0. The Kier molecular flexibility index (Phi) is 4.65. The average molecular weight is 288 g/mol. The molecule has 1 amide bonds. The fourth-order valence-corrected chi connectivity index (χ4v) is 1.93. The minimum absolute atomic E-state index is 0.0653. The molecular weight excluding hydrogens is 272 g/mol. The second-order valence-electron chi connectivity index (χ2n) is 4.76. The molecule has 2 rings (SSSR count). The van der Waals surface area contributed by atoms with Crippen molar-refractivity contribution in [3.8, 4) is 0 Å². The fraction of sp³-hybridized carbons (Fsp3) is 0.286. The third-order valence-corrected chi connectivity index (χ3v) is 2.83. The fourth-order valence-electron chi connectivity index (χ4n) is 1.93. The normalized spacial score (nSPS) is 11.9. The molecule has 1 aromatic carbocycles. The molecule has 7 heteroatoms. The lowest BCUT2D eigenvalue weighted by atomic mass is 10.1. The van der Waals surface area contributed by atoms with Gasteiger partial charge in [-0.2, -0.15) is 0 Å². The third kappa shape index (κ3) is 4.41. The summed E-state index contributed by atoms with van der Waals surface area (Å²) in [6.07, 6.45) is 2.02. The molecule has 0 aliphatic rings. The van der Waals surface area contributed by atoms with Crippen molar-refractivity contribution < 1.29 is 14.7 Å². The van der Waals surface area contributed by atoms with Crippen LogP contribution in [0.3, 0.4) is 0 Å².